The molecule has 0 spiro atoms. The number of likely N-dealkylation sites (N-methyl/N-ethyl adjacent to an activating group) is 1. The Bertz CT molecular complexity index is 375. The number of rotatable bonds is 6. The van der Waals surface area contributed by atoms with Crippen LogP contribution in [0.2, 0.25) is 0 Å². The summed E-state index contributed by atoms with van der Waals surface area (Å²) in [5.74, 6) is -0.0811. The maximum absolute atomic E-state index is 12.1. The Morgan fingerprint density at radius 3 is 2.45 bits per heavy atom. The van der Waals surface area contributed by atoms with Crippen molar-refractivity contribution in [1.29, 1.82) is 0 Å². The van der Waals surface area contributed by atoms with Gasteiger partial charge in [-0.15, -0.1) is 0 Å². The Kier molecular flexibility index (Phi) is 7.13. The Labute approximate surface area is 134 Å². The Morgan fingerprint density at radius 2 is 1.91 bits per heavy atom. The van der Waals surface area contributed by atoms with Crippen molar-refractivity contribution in [3.8, 4) is 0 Å². The number of hydrogen-bond acceptors (Lipinski definition) is 4. The molecule has 1 saturated heterocycles. The number of amides is 2. The lowest BCUT2D eigenvalue weighted by atomic mass is 10.1. The van der Waals surface area contributed by atoms with Crippen LogP contribution in [0.25, 0.3) is 0 Å². The van der Waals surface area contributed by atoms with Crippen LogP contribution >= 0.6 is 0 Å². The van der Waals surface area contributed by atoms with E-state index < -0.39 is 5.60 Å². The average molecular weight is 313 g/mol. The Balaban J connectivity index is 2.33. The van der Waals surface area contributed by atoms with Crippen LogP contribution in [0.3, 0.4) is 0 Å². The number of carbonyl (C=O) groups is 2. The molecule has 128 valence electrons. The lowest BCUT2D eigenvalue weighted by Gasteiger charge is -2.24. The predicted molar refractivity (Wildman–Crippen MR) is 86.7 cm³/mol. The SMILES string of the molecule is CCN(CC)CCNC(=O)[C@H]1CCN(C(=O)OC(C)(C)C)C1. The molecule has 1 aliphatic rings. The number of carbonyl (C=O) groups excluding carboxylic acids is 2. The van der Waals surface area contributed by atoms with Crippen LogP contribution < -0.4 is 5.32 Å². The molecule has 0 aliphatic carbocycles. The number of nitrogens with zero attached hydrogens (tertiary/aromatic N) is 2. The molecule has 6 nitrogen and oxygen atoms in total. The van der Waals surface area contributed by atoms with Gasteiger partial charge in [0.05, 0.1) is 5.92 Å². The van der Waals surface area contributed by atoms with Crippen LogP contribution in [-0.4, -0.2) is 66.7 Å². The van der Waals surface area contributed by atoms with E-state index in [1.807, 2.05) is 20.8 Å². The van der Waals surface area contributed by atoms with Crippen molar-refractivity contribution in [3.05, 3.63) is 0 Å². The summed E-state index contributed by atoms with van der Waals surface area (Å²) in [5, 5.41) is 2.97. The molecule has 0 unspecified atom stereocenters. The second-order valence-corrected chi connectivity index (χ2v) is 6.73. The Morgan fingerprint density at radius 1 is 1.27 bits per heavy atom. The molecular weight excluding hydrogens is 282 g/mol. The molecule has 0 aromatic carbocycles. The minimum Gasteiger partial charge on any atom is -0.444 e. The fourth-order valence-corrected chi connectivity index (χ4v) is 2.49. The largest absolute Gasteiger partial charge is 0.444 e. The third-order valence-electron chi connectivity index (χ3n) is 3.83. The highest BCUT2D eigenvalue weighted by atomic mass is 16.6. The first kappa shape index (κ1) is 18.7. The van der Waals surface area contributed by atoms with Gasteiger partial charge < -0.3 is 19.9 Å². The van der Waals surface area contributed by atoms with E-state index in [4.69, 9.17) is 4.74 Å². The quantitative estimate of drug-likeness (QED) is 0.811. The number of ether oxygens (including phenoxy) is 1. The van der Waals surface area contributed by atoms with E-state index >= 15 is 0 Å². The van der Waals surface area contributed by atoms with Crippen LogP contribution in [0, 0.1) is 5.92 Å². The van der Waals surface area contributed by atoms with Gasteiger partial charge in [-0.1, -0.05) is 13.8 Å². The third-order valence-corrected chi connectivity index (χ3v) is 3.83. The molecule has 6 heteroatoms. The van der Waals surface area contributed by atoms with Gasteiger partial charge in [-0.05, 0) is 40.3 Å². The van der Waals surface area contributed by atoms with Crippen molar-refractivity contribution in [2.75, 3.05) is 39.3 Å². The third kappa shape index (κ3) is 6.22. The highest BCUT2D eigenvalue weighted by Crippen LogP contribution is 2.19. The zero-order valence-electron chi connectivity index (χ0n) is 14.6. The molecule has 22 heavy (non-hydrogen) atoms. The zero-order valence-corrected chi connectivity index (χ0v) is 14.6. The van der Waals surface area contributed by atoms with Crippen LogP contribution in [0.1, 0.15) is 41.0 Å². The summed E-state index contributed by atoms with van der Waals surface area (Å²) in [5.41, 5.74) is -0.499. The van der Waals surface area contributed by atoms with Gasteiger partial charge in [0.15, 0.2) is 0 Å². The fraction of sp³-hybridized carbons (Fsp3) is 0.875. The van der Waals surface area contributed by atoms with Crippen LogP contribution in [-0.2, 0) is 9.53 Å². The molecular formula is C16H31N3O3. The van der Waals surface area contributed by atoms with Gasteiger partial charge in [-0.3, -0.25) is 4.79 Å². The van der Waals surface area contributed by atoms with Crippen LogP contribution in [0.5, 0.6) is 0 Å². The molecule has 0 radical (unpaired) electrons. The molecule has 0 aromatic heterocycles. The number of likely N-dealkylation sites (tertiary alicyclic amines) is 1. The molecule has 1 N–H and O–H groups in total. The van der Waals surface area contributed by atoms with E-state index in [9.17, 15) is 9.59 Å². The average Bonchev–Trinajstić information content (AvgIpc) is 2.91. The van der Waals surface area contributed by atoms with Gasteiger partial charge in [0.1, 0.15) is 5.60 Å². The fourth-order valence-electron chi connectivity index (χ4n) is 2.49. The molecule has 1 aliphatic heterocycles. The second-order valence-electron chi connectivity index (χ2n) is 6.73. The van der Waals surface area contributed by atoms with Gasteiger partial charge in [-0.25, -0.2) is 4.79 Å². The van der Waals surface area contributed by atoms with E-state index in [-0.39, 0.29) is 17.9 Å². The molecule has 1 fully saturated rings. The normalized spacial score (nSPS) is 18.6. The van der Waals surface area contributed by atoms with E-state index in [1.165, 1.54) is 0 Å². The van der Waals surface area contributed by atoms with Crippen LogP contribution in [0.4, 0.5) is 4.79 Å². The highest BCUT2D eigenvalue weighted by Gasteiger charge is 2.33. The topological polar surface area (TPSA) is 61.9 Å². The first-order valence-corrected chi connectivity index (χ1v) is 8.24. The predicted octanol–water partition coefficient (Wildman–Crippen LogP) is 1.70. The molecule has 0 saturated carbocycles. The van der Waals surface area contributed by atoms with E-state index in [0.717, 1.165) is 19.6 Å². The van der Waals surface area contributed by atoms with Crippen molar-refractivity contribution in [3.63, 3.8) is 0 Å². The van der Waals surface area contributed by atoms with Crippen molar-refractivity contribution >= 4 is 12.0 Å². The van der Waals surface area contributed by atoms with Crippen molar-refractivity contribution < 1.29 is 14.3 Å². The van der Waals surface area contributed by atoms with Gasteiger partial charge in [0.25, 0.3) is 0 Å². The summed E-state index contributed by atoms with van der Waals surface area (Å²) in [7, 11) is 0. The first-order chi connectivity index (χ1) is 10.3. The van der Waals surface area contributed by atoms with Crippen molar-refractivity contribution in [2.24, 2.45) is 5.92 Å². The summed E-state index contributed by atoms with van der Waals surface area (Å²) in [6.45, 7) is 14.3. The summed E-state index contributed by atoms with van der Waals surface area (Å²) in [4.78, 5) is 28.0. The monoisotopic (exact) mass is 313 g/mol. The molecule has 2 amide bonds. The standard InChI is InChI=1S/C16H31N3O3/c1-6-18(7-2)11-9-17-14(20)13-8-10-19(12-13)15(21)22-16(3,4)5/h13H,6-12H2,1-5H3,(H,17,20)/t13-/m0/s1. The van der Waals surface area contributed by atoms with Gasteiger partial charge in [-0.2, -0.15) is 0 Å². The van der Waals surface area contributed by atoms with Crippen LogP contribution in [0.15, 0.2) is 0 Å². The van der Waals surface area contributed by atoms with E-state index in [2.05, 4.69) is 24.1 Å². The summed E-state index contributed by atoms with van der Waals surface area (Å²) < 4.78 is 5.34. The highest BCUT2D eigenvalue weighted by molar-refractivity contribution is 5.80. The minimum atomic E-state index is -0.499. The lowest BCUT2D eigenvalue weighted by Crippen LogP contribution is -2.39. The minimum absolute atomic E-state index is 0.0400. The number of nitrogens with one attached hydrogen (secondary N) is 1. The number of hydrogen-bond donors (Lipinski definition) is 1. The first-order valence-electron chi connectivity index (χ1n) is 8.24. The Hall–Kier alpha value is -1.30. The van der Waals surface area contributed by atoms with Gasteiger partial charge >= 0.3 is 6.09 Å². The zero-order chi connectivity index (χ0) is 16.8. The van der Waals surface area contributed by atoms with E-state index in [0.29, 0.717) is 26.1 Å². The molecule has 1 rings (SSSR count). The second kappa shape index (κ2) is 8.36. The lowest BCUT2D eigenvalue weighted by molar-refractivity contribution is -0.124. The molecule has 0 aromatic rings. The van der Waals surface area contributed by atoms with Crippen molar-refractivity contribution in [1.82, 2.24) is 15.1 Å². The molecule has 1 heterocycles. The maximum atomic E-state index is 12.1. The molecule has 1 atom stereocenters. The smallest absolute Gasteiger partial charge is 0.410 e. The summed E-state index contributed by atoms with van der Waals surface area (Å²) in [6, 6.07) is 0. The maximum Gasteiger partial charge on any atom is 0.410 e. The molecule has 0 bridgehead atoms. The van der Waals surface area contributed by atoms with Gasteiger partial charge in [0.2, 0.25) is 5.91 Å². The summed E-state index contributed by atoms with van der Waals surface area (Å²) >= 11 is 0. The van der Waals surface area contributed by atoms with Gasteiger partial charge in [0, 0.05) is 26.2 Å². The van der Waals surface area contributed by atoms with E-state index in [1.54, 1.807) is 4.90 Å². The summed E-state index contributed by atoms with van der Waals surface area (Å²) in [6.07, 6.45) is 0.377. The van der Waals surface area contributed by atoms with Crippen molar-refractivity contribution in [2.45, 2.75) is 46.6 Å².